The number of thiophene rings is 1. The van der Waals surface area contributed by atoms with Crippen LogP contribution < -0.4 is 0 Å². The van der Waals surface area contributed by atoms with E-state index in [-0.39, 0.29) is 11.4 Å². The van der Waals surface area contributed by atoms with Crippen LogP contribution in [0.1, 0.15) is 17.4 Å². The molecule has 0 saturated carbocycles. The van der Waals surface area contributed by atoms with Crippen molar-refractivity contribution < 1.29 is 19.8 Å². The maximum absolute atomic E-state index is 11.0. The number of carboxylic acid groups (broad SMARTS) is 1. The van der Waals surface area contributed by atoms with Crippen LogP contribution in [0.25, 0.3) is 10.1 Å². The predicted molar refractivity (Wildman–Crippen MR) is 64.5 cm³/mol. The quantitative estimate of drug-likeness (QED) is 0.643. The molecule has 8 heteroatoms. The molecule has 0 amide bonds. The Balaban J connectivity index is 2.80. The Kier molecular flexibility index (Phi) is 3.25. The molecule has 0 saturated heterocycles. The predicted octanol–water partition coefficient (Wildman–Crippen LogP) is 1.34. The third kappa shape index (κ3) is 2.04. The maximum atomic E-state index is 11.0. The Labute approximate surface area is 110 Å². The molecule has 2 aromatic heterocycles. The second kappa shape index (κ2) is 4.86. The third-order valence-corrected chi connectivity index (χ3v) is 3.31. The van der Waals surface area contributed by atoms with Gasteiger partial charge in [-0.1, -0.05) is 0 Å². The number of carbonyl (C=O) groups excluding carboxylic acids is 1. The molecule has 0 fully saturated rings. The summed E-state index contributed by atoms with van der Waals surface area (Å²) < 4.78 is 0.328. The van der Waals surface area contributed by atoms with E-state index >= 15 is 0 Å². The van der Waals surface area contributed by atoms with Crippen molar-refractivity contribution >= 4 is 33.5 Å². The lowest BCUT2D eigenvalue weighted by molar-refractivity contribution is -0.138. The van der Waals surface area contributed by atoms with E-state index in [0.29, 0.717) is 10.1 Å². The van der Waals surface area contributed by atoms with Gasteiger partial charge in [0, 0.05) is 5.39 Å². The number of isocyanates is 1. The highest BCUT2D eigenvalue weighted by Gasteiger charge is 2.27. The van der Waals surface area contributed by atoms with Crippen LogP contribution in [-0.4, -0.2) is 27.2 Å². The van der Waals surface area contributed by atoms with E-state index in [0.717, 1.165) is 17.4 Å². The highest BCUT2D eigenvalue weighted by molar-refractivity contribution is 7.17. The molecule has 0 aliphatic rings. The van der Waals surface area contributed by atoms with Gasteiger partial charge in [-0.25, -0.2) is 14.6 Å². The summed E-state index contributed by atoms with van der Waals surface area (Å²) in [6.07, 6.45) is 1.12. The van der Waals surface area contributed by atoms with Crippen LogP contribution in [0.15, 0.2) is 16.4 Å². The second-order valence-electron chi connectivity index (χ2n) is 3.43. The summed E-state index contributed by atoms with van der Waals surface area (Å²) in [6.45, 7) is 0. The van der Waals surface area contributed by atoms with Gasteiger partial charge in [0.25, 0.3) is 0 Å². The number of nitrogens with zero attached hydrogens (tertiary/aromatic N) is 3. The topological polar surface area (TPSA) is 124 Å². The average Bonchev–Trinajstić information content (AvgIpc) is 2.87. The van der Waals surface area contributed by atoms with E-state index < -0.39 is 17.8 Å². The van der Waals surface area contributed by atoms with Gasteiger partial charge in [-0.05, 0) is 11.4 Å². The molecular formula is C11H5N3O4S. The molecule has 7 nitrogen and oxygen atoms in total. The number of pyridine rings is 1. The number of rotatable bonds is 3. The molecule has 2 N–H and O–H groups in total. The number of nitriles is 1. The molecule has 19 heavy (non-hydrogen) atoms. The van der Waals surface area contributed by atoms with Crippen molar-refractivity contribution in [3.8, 4) is 11.8 Å². The van der Waals surface area contributed by atoms with E-state index in [4.69, 9.17) is 10.4 Å². The van der Waals surface area contributed by atoms with Crippen molar-refractivity contribution in [1.29, 1.82) is 5.26 Å². The molecule has 94 valence electrons. The molecule has 1 atom stereocenters. The van der Waals surface area contributed by atoms with Crippen LogP contribution in [-0.2, 0) is 9.59 Å². The zero-order valence-corrected chi connectivity index (χ0v) is 10.0. The van der Waals surface area contributed by atoms with E-state index in [1.165, 1.54) is 0 Å². The summed E-state index contributed by atoms with van der Waals surface area (Å²) in [5.74, 6) is -1.86. The summed E-state index contributed by atoms with van der Waals surface area (Å²) in [6, 6.07) is 1.72. The number of aliphatic carboxylic acids is 1. The minimum Gasteiger partial charge on any atom is -0.505 e. The lowest BCUT2D eigenvalue weighted by atomic mass is 10.1. The number of aromatic nitrogens is 1. The average molecular weight is 275 g/mol. The van der Waals surface area contributed by atoms with Crippen LogP contribution in [0.4, 0.5) is 0 Å². The Hall–Kier alpha value is -2.75. The number of hydrogen-bond acceptors (Lipinski definition) is 7. The first-order valence-electron chi connectivity index (χ1n) is 4.90. The fourth-order valence-electron chi connectivity index (χ4n) is 1.59. The van der Waals surface area contributed by atoms with Crippen LogP contribution in [0.5, 0.6) is 5.75 Å². The summed E-state index contributed by atoms with van der Waals surface area (Å²) in [4.78, 5) is 28.1. The van der Waals surface area contributed by atoms with Crippen LogP contribution in [0.2, 0.25) is 0 Å². The molecule has 2 aromatic rings. The number of carboxylic acids is 1. The number of carbonyl (C=O) groups is 1. The van der Waals surface area contributed by atoms with Crippen molar-refractivity contribution in [3.63, 3.8) is 0 Å². The highest BCUT2D eigenvalue weighted by atomic mass is 32.1. The van der Waals surface area contributed by atoms with Crippen LogP contribution in [0, 0.1) is 11.3 Å². The first-order chi connectivity index (χ1) is 9.10. The Morgan fingerprint density at radius 1 is 1.58 bits per heavy atom. The minimum atomic E-state index is -1.68. The molecule has 0 radical (unpaired) electrons. The van der Waals surface area contributed by atoms with Crippen molar-refractivity contribution in [3.05, 3.63) is 22.8 Å². The fraction of sp³-hybridized carbons (Fsp3) is 0.0909. The summed E-state index contributed by atoms with van der Waals surface area (Å²) in [7, 11) is 0. The van der Waals surface area contributed by atoms with E-state index in [1.807, 2.05) is 6.07 Å². The van der Waals surface area contributed by atoms with E-state index in [9.17, 15) is 14.7 Å². The van der Waals surface area contributed by atoms with Gasteiger partial charge in [0.05, 0.1) is 4.70 Å². The van der Waals surface area contributed by atoms with Crippen LogP contribution >= 0.6 is 11.3 Å². The smallest absolute Gasteiger partial charge is 0.335 e. The van der Waals surface area contributed by atoms with Crippen molar-refractivity contribution in [1.82, 2.24) is 4.98 Å². The van der Waals surface area contributed by atoms with Crippen LogP contribution in [0.3, 0.4) is 0 Å². The van der Waals surface area contributed by atoms with Crippen molar-refractivity contribution in [2.75, 3.05) is 0 Å². The van der Waals surface area contributed by atoms with Crippen molar-refractivity contribution in [2.24, 2.45) is 4.99 Å². The highest BCUT2D eigenvalue weighted by Crippen LogP contribution is 2.37. The number of aliphatic imine (C=N–C) groups is 1. The van der Waals surface area contributed by atoms with E-state index in [2.05, 4.69) is 9.98 Å². The zero-order valence-electron chi connectivity index (χ0n) is 9.19. The lowest BCUT2D eigenvalue weighted by Crippen LogP contribution is -2.11. The summed E-state index contributed by atoms with van der Waals surface area (Å²) in [5.41, 5.74) is -0.376. The standard InChI is InChI=1S/C11H5N3O4S/c12-3-6-5-1-2-19-10(5)9(16)7(14-6)8(11(17)18)13-4-15/h1-2,8,16H,(H,17,18). The van der Waals surface area contributed by atoms with Gasteiger partial charge >= 0.3 is 5.97 Å². The minimum absolute atomic E-state index is 0.0311. The molecule has 0 aliphatic heterocycles. The zero-order chi connectivity index (χ0) is 14.0. The summed E-state index contributed by atoms with van der Waals surface area (Å²) >= 11 is 1.13. The van der Waals surface area contributed by atoms with E-state index in [1.54, 1.807) is 11.4 Å². The fourth-order valence-corrected chi connectivity index (χ4v) is 2.44. The molecule has 2 heterocycles. The van der Waals surface area contributed by atoms with Crippen molar-refractivity contribution in [2.45, 2.75) is 6.04 Å². The van der Waals surface area contributed by atoms with Gasteiger partial charge in [-0.15, -0.1) is 11.3 Å². The third-order valence-electron chi connectivity index (χ3n) is 2.39. The first-order valence-corrected chi connectivity index (χ1v) is 5.78. The van der Waals surface area contributed by atoms with Gasteiger partial charge in [0.15, 0.2) is 5.75 Å². The van der Waals surface area contributed by atoms with Gasteiger partial charge in [-0.3, -0.25) is 0 Å². The Morgan fingerprint density at radius 3 is 2.89 bits per heavy atom. The molecule has 2 rings (SSSR count). The summed E-state index contributed by atoms with van der Waals surface area (Å²) in [5, 5.41) is 30.0. The van der Waals surface area contributed by atoms with Gasteiger partial charge < -0.3 is 10.2 Å². The Morgan fingerprint density at radius 2 is 2.32 bits per heavy atom. The molecule has 0 spiro atoms. The first kappa shape index (κ1) is 12.7. The monoisotopic (exact) mass is 275 g/mol. The van der Waals surface area contributed by atoms with Gasteiger partial charge in [0.1, 0.15) is 17.5 Å². The Bertz CT molecular complexity index is 753. The lowest BCUT2D eigenvalue weighted by Gasteiger charge is -2.08. The number of hydrogen-bond donors (Lipinski definition) is 2. The normalized spacial score (nSPS) is 11.5. The molecular weight excluding hydrogens is 270 g/mol. The molecule has 0 bridgehead atoms. The maximum Gasteiger partial charge on any atom is 0.335 e. The largest absolute Gasteiger partial charge is 0.505 e. The molecule has 0 aromatic carbocycles. The second-order valence-corrected chi connectivity index (χ2v) is 4.35. The molecule has 1 unspecified atom stereocenters. The van der Waals surface area contributed by atoms with Gasteiger partial charge in [-0.2, -0.15) is 10.3 Å². The molecule has 0 aliphatic carbocycles. The van der Waals surface area contributed by atoms with Gasteiger partial charge in [0.2, 0.25) is 12.1 Å². The number of aromatic hydroxyl groups is 1. The SMILES string of the molecule is N#Cc1nc(C(N=C=O)C(=O)O)c(O)c2sccc12. The number of fused-ring (bicyclic) bond motifs is 1.